The maximum absolute atomic E-state index is 13.3. The van der Waals surface area contributed by atoms with E-state index < -0.39 is 28.7 Å². The number of non-ortho nitro benzene ring substituents is 1. The van der Waals surface area contributed by atoms with Crippen molar-refractivity contribution in [1.29, 1.82) is 0 Å². The van der Waals surface area contributed by atoms with Crippen LogP contribution in [0, 0.1) is 16.0 Å². The second kappa shape index (κ2) is 12.5. The van der Waals surface area contributed by atoms with Gasteiger partial charge in [-0.3, -0.25) is 19.9 Å². The summed E-state index contributed by atoms with van der Waals surface area (Å²) in [7, 11) is 1.25. The highest BCUT2D eigenvalue weighted by Crippen LogP contribution is 2.41. The Balaban J connectivity index is 1.84. The van der Waals surface area contributed by atoms with Gasteiger partial charge < -0.3 is 14.6 Å². The molecular weight excluding hydrogens is 484 g/mol. The number of hydrogen-bond acceptors (Lipinski definition) is 9. The number of benzene rings is 2. The Morgan fingerprint density at radius 3 is 2.53 bits per heavy atom. The zero-order valence-electron chi connectivity index (χ0n) is 20.3. The Bertz CT molecular complexity index is 1190. The normalized spacial score (nSPS) is 17.4. The Labute approximate surface area is 213 Å². The van der Waals surface area contributed by atoms with Crippen LogP contribution < -0.4 is 0 Å². The summed E-state index contributed by atoms with van der Waals surface area (Å²) in [6.45, 7) is 3.53. The summed E-state index contributed by atoms with van der Waals surface area (Å²) >= 11 is 1.55. The maximum Gasteiger partial charge on any atom is 0.336 e. The fourth-order valence-corrected chi connectivity index (χ4v) is 4.84. The number of aliphatic hydroxyl groups is 1. The fourth-order valence-electron chi connectivity index (χ4n) is 4.18. The third kappa shape index (κ3) is 6.38. The van der Waals surface area contributed by atoms with Crippen molar-refractivity contribution < 1.29 is 29.1 Å². The van der Waals surface area contributed by atoms with E-state index in [1.54, 1.807) is 31.7 Å². The number of esters is 2. The van der Waals surface area contributed by atoms with Gasteiger partial charge in [0.2, 0.25) is 0 Å². The van der Waals surface area contributed by atoms with Crippen molar-refractivity contribution in [3.63, 3.8) is 0 Å². The topological polar surface area (TPSA) is 128 Å². The van der Waals surface area contributed by atoms with Crippen LogP contribution in [-0.4, -0.2) is 53.8 Å². The maximum atomic E-state index is 13.3. The zero-order valence-corrected chi connectivity index (χ0v) is 21.1. The van der Waals surface area contributed by atoms with Crippen molar-refractivity contribution in [2.45, 2.75) is 31.1 Å². The molecule has 190 valence electrons. The van der Waals surface area contributed by atoms with E-state index in [2.05, 4.69) is 4.99 Å². The molecule has 10 heteroatoms. The van der Waals surface area contributed by atoms with Crippen LogP contribution in [0.25, 0.3) is 0 Å². The molecule has 0 amide bonds. The van der Waals surface area contributed by atoms with E-state index in [9.17, 15) is 19.7 Å². The van der Waals surface area contributed by atoms with Crippen LogP contribution in [0.2, 0.25) is 0 Å². The largest absolute Gasteiger partial charge is 0.468 e. The van der Waals surface area contributed by atoms with Gasteiger partial charge in [0.25, 0.3) is 5.69 Å². The predicted octanol–water partition coefficient (Wildman–Crippen LogP) is 4.09. The minimum absolute atomic E-state index is 0.103. The number of ether oxygens (including phenoxy) is 2. The Morgan fingerprint density at radius 2 is 1.89 bits per heavy atom. The molecule has 0 bridgehead atoms. The van der Waals surface area contributed by atoms with E-state index >= 15 is 0 Å². The first-order valence-electron chi connectivity index (χ1n) is 11.3. The number of thioether (sulfide) groups is 1. The van der Waals surface area contributed by atoms with Crippen molar-refractivity contribution >= 4 is 35.1 Å². The average Bonchev–Trinajstić information content (AvgIpc) is 2.87. The zero-order chi connectivity index (χ0) is 26.2. The number of hydrogen-bond donors (Lipinski definition) is 1. The number of allylic oxidation sites excluding steroid dienone is 1. The molecule has 0 aliphatic carbocycles. The monoisotopic (exact) mass is 512 g/mol. The summed E-state index contributed by atoms with van der Waals surface area (Å²) in [5.41, 5.74) is 2.26. The third-order valence-corrected chi connectivity index (χ3v) is 6.84. The first-order valence-corrected chi connectivity index (χ1v) is 12.3. The van der Waals surface area contributed by atoms with E-state index in [-0.39, 0.29) is 24.5 Å². The van der Waals surface area contributed by atoms with Gasteiger partial charge in [0, 0.05) is 46.5 Å². The van der Waals surface area contributed by atoms with Gasteiger partial charge in [0.05, 0.1) is 30.8 Å². The molecule has 0 radical (unpaired) electrons. The molecule has 1 aliphatic heterocycles. The molecule has 2 aromatic rings. The Hall–Kier alpha value is -3.50. The van der Waals surface area contributed by atoms with Crippen molar-refractivity contribution in [3.05, 3.63) is 81.0 Å². The summed E-state index contributed by atoms with van der Waals surface area (Å²) in [6.07, 6.45) is 0.479. The van der Waals surface area contributed by atoms with Crippen LogP contribution in [0.5, 0.6) is 0 Å². The van der Waals surface area contributed by atoms with Crippen molar-refractivity contribution in [2.75, 3.05) is 26.1 Å². The lowest BCUT2D eigenvalue weighted by atomic mass is 9.75. The number of nitrogens with zero attached hydrogens (tertiary/aromatic N) is 2. The molecule has 1 aliphatic rings. The minimum Gasteiger partial charge on any atom is -0.468 e. The number of nitro benzene ring substituents is 1. The van der Waals surface area contributed by atoms with Gasteiger partial charge in [0.1, 0.15) is 5.92 Å². The van der Waals surface area contributed by atoms with Crippen molar-refractivity contribution in [2.24, 2.45) is 10.9 Å². The number of aliphatic imine (C=N–C) groups is 1. The van der Waals surface area contributed by atoms with E-state index in [1.165, 1.54) is 25.3 Å². The van der Waals surface area contributed by atoms with Crippen LogP contribution in [0.4, 0.5) is 5.69 Å². The number of aliphatic hydroxyl groups excluding tert-OH is 1. The molecular formula is C26H28N2O7S. The predicted molar refractivity (Wildman–Crippen MR) is 136 cm³/mol. The molecule has 0 saturated heterocycles. The Morgan fingerprint density at radius 1 is 1.17 bits per heavy atom. The second-order valence-electron chi connectivity index (χ2n) is 8.18. The summed E-state index contributed by atoms with van der Waals surface area (Å²) in [4.78, 5) is 42.3. The molecule has 0 spiro atoms. The van der Waals surface area contributed by atoms with Crippen LogP contribution >= 0.6 is 11.8 Å². The van der Waals surface area contributed by atoms with E-state index in [0.717, 1.165) is 10.5 Å². The highest BCUT2D eigenvalue weighted by molar-refractivity contribution is 7.99. The number of rotatable bonds is 10. The Kier molecular flexibility index (Phi) is 9.38. The molecule has 0 aromatic heterocycles. The van der Waals surface area contributed by atoms with E-state index in [4.69, 9.17) is 14.6 Å². The highest BCUT2D eigenvalue weighted by atomic mass is 32.2. The van der Waals surface area contributed by atoms with Gasteiger partial charge in [-0.15, -0.1) is 11.8 Å². The van der Waals surface area contributed by atoms with Gasteiger partial charge in [-0.25, -0.2) is 4.79 Å². The molecule has 1 heterocycles. The molecule has 2 unspecified atom stereocenters. The van der Waals surface area contributed by atoms with Crippen LogP contribution in [0.3, 0.4) is 0 Å². The number of carbonyl (C=O) groups is 2. The van der Waals surface area contributed by atoms with Gasteiger partial charge in [-0.1, -0.05) is 24.3 Å². The fraction of sp³-hybridized carbons (Fsp3) is 0.346. The van der Waals surface area contributed by atoms with Crippen LogP contribution in [0.15, 0.2) is 69.7 Å². The average molecular weight is 513 g/mol. The third-order valence-electron chi connectivity index (χ3n) is 5.85. The van der Waals surface area contributed by atoms with Gasteiger partial charge in [-0.2, -0.15) is 0 Å². The molecule has 0 saturated carbocycles. The SMILES string of the molecule is COC(=O)C1C(C)=NC(C)=C(C(=O)OCCc2ccc(SCCO)cc2)C1c1cccc([N+](=O)[O-])c1. The summed E-state index contributed by atoms with van der Waals surface area (Å²) in [5.74, 6) is -2.38. The highest BCUT2D eigenvalue weighted by Gasteiger charge is 2.42. The lowest BCUT2D eigenvalue weighted by Gasteiger charge is -2.31. The summed E-state index contributed by atoms with van der Waals surface area (Å²) in [5, 5.41) is 20.3. The van der Waals surface area contributed by atoms with Crippen LogP contribution in [-0.2, 0) is 25.5 Å². The quantitative estimate of drug-likeness (QED) is 0.218. The van der Waals surface area contributed by atoms with Crippen LogP contribution in [0.1, 0.15) is 30.9 Å². The van der Waals surface area contributed by atoms with Gasteiger partial charge in [-0.05, 0) is 37.1 Å². The number of methoxy groups -OCH3 is 1. The van der Waals surface area contributed by atoms with Crippen molar-refractivity contribution in [1.82, 2.24) is 0 Å². The number of carbonyl (C=O) groups excluding carboxylic acids is 2. The standard InChI is InChI=1S/C26H28N2O7S/c1-16-22(25(30)34-3)24(19-5-4-6-20(15-19)28(32)33)23(17(2)27-16)26(31)35-13-11-18-7-9-21(10-8-18)36-14-12-29/h4-10,15,22,24,29H,11-14H2,1-3H3. The molecule has 3 rings (SSSR count). The molecule has 1 N–H and O–H groups in total. The summed E-state index contributed by atoms with van der Waals surface area (Å²) in [6, 6.07) is 13.6. The molecule has 2 atom stereocenters. The van der Waals surface area contributed by atoms with Gasteiger partial charge >= 0.3 is 11.9 Å². The van der Waals surface area contributed by atoms with E-state index in [1.807, 2.05) is 24.3 Å². The lowest BCUT2D eigenvalue weighted by Crippen LogP contribution is -2.36. The first-order chi connectivity index (χ1) is 17.3. The number of nitro groups is 1. The second-order valence-corrected chi connectivity index (χ2v) is 9.35. The molecule has 36 heavy (non-hydrogen) atoms. The molecule has 9 nitrogen and oxygen atoms in total. The first kappa shape index (κ1) is 27.1. The minimum atomic E-state index is -0.924. The summed E-state index contributed by atoms with van der Waals surface area (Å²) < 4.78 is 10.6. The lowest BCUT2D eigenvalue weighted by molar-refractivity contribution is -0.384. The molecule has 2 aromatic carbocycles. The van der Waals surface area contributed by atoms with Crippen molar-refractivity contribution in [3.8, 4) is 0 Å². The van der Waals surface area contributed by atoms with Gasteiger partial charge in [0.15, 0.2) is 0 Å². The van der Waals surface area contributed by atoms with E-state index in [0.29, 0.717) is 29.1 Å². The molecule has 0 fully saturated rings. The smallest absolute Gasteiger partial charge is 0.336 e.